The highest BCUT2D eigenvalue weighted by atomic mass is 16.5. The van der Waals surface area contributed by atoms with Crippen molar-refractivity contribution in [3.8, 4) is 0 Å². The van der Waals surface area contributed by atoms with E-state index in [4.69, 9.17) is 4.74 Å². The van der Waals surface area contributed by atoms with Crippen molar-refractivity contribution in [1.29, 1.82) is 0 Å². The fraction of sp³-hybridized carbons (Fsp3) is 0.647. The van der Waals surface area contributed by atoms with Crippen LogP contribution in [0.15, 0.2) is 24.3 Å². The summed E-state index contributed by atoms with van der Waals surface area (Å²) in [5.74, 6) is 0. The summed E-state index contributed by atoms with van der Waals surface area (Å²) in [4.78, 5) is 2.55. The first-order valence-corrected chi connectivity index (χ1v) is 7.59. The number of nitrogens with one attached hydrogen (secondary N) is 1. The standard InChI is InChI=1S/C17H28N2O/c1-14(19-10-8-18-9-11-19)15-6-5-7-16(12-15)17(2,3)13-20-4/h5-7,12,14,18H,8-11,13H2,1-4H3. The van der Waals surface area contributed by atoms with Crippen molar-refractivity contribution in [1.82, 2.24) is 10.2 Å². The number of rotatable bonds is 5. The van der Waals surface area contributed by atoms with Crippen LogP contribution in [0, 0.1) is 0 Å². The van der Waals surface area contributed by atoms with Crippen molar-refractivity contribution in [3.05, 3.63) is 35.4 Å². The average molecular weight is 276 g/mol. The van der Waals surface area contributed by atoms with Crippen LogP contribution in [-0.2, 0) is 10.2 Å². The maximum atomic E-state index is 5.36. The molecule has 3 nitrogen and oxygen atoms in total. The van der Waals surface area contributed by atoms with Crippen molar-refractivity contribution in [2.24, 2.45) is 0 Å². The van der Waals surface area contributed by atoms with E-state index in [2.05, 4.69) is 55.3 Å². The van der Waals surface area contributed by atoms with E-state index in [1.807, 2.05) is 0 Å². The van der Waals surface area contributed by atoms with Gasteiger partial charge in [0.05, 0.1) is 6.61 Å². The molecule has 1 N–H and O–H groups in total. The number of ether oxygens (including phenoxy) is 1. The second-order valence-electron chi connectivity index (χ2n) is 6.40. The van der Waals surface area contributed by atoms with Crippen LogP contribution in [0.4, 0.5) is 0 Å². The van der Waals surface area contributed by atoms with Crippen molar-refractivity contribution < 1.29 is 4.74 Å². The second kappa shape index (κ2) is 6.70. The van der Waals surface area contributed by atoms with Gasteiger partial charge in [-0.1, -0.05) is 38.1 Å². The van der Waals surface area contributed by atoms with Crippen LogP contribution in [-0.4, -0.2) is 44.8 Å². The molecule has 1 aromatic carbocycles. The van der Waals surface area contributed by atoms with Crippen LogP contribution in [0.2, 0.25) is 0 Å². The van der Waals surface area contributed by atoms with Gasteiger partial charge in [0.25, 0.3) is 0 Å². The molecule has 0 aromatic heterocycles. The SMILES string of the molecule is COCC(C)(C)c1cccc(C(C)N2CCNCC2)c1. The molecule has 1 saturated heterocycles. The summed E-state index contributed by atoms with van der Waals surface area (Å²) in [6.07, 6.45) is 0. The molecular weight excluding hydrogens is 248 g/mol. The Balaban J connectivity index is 2.16. The largest absolute Gasteiger partial charge is 0.384 e. The van der Waals surface area contributed by atoms with Gasteiger partial charge in [0.15, 0.2) is 0 Å². The summed E-state index contributed by atoms with van der Waals surface area (Å²) in [6.45, 7) is 12.0. The lowest BCUT2D eigenvalue weighted by Crippen LogP contribution is -2.44. The van der Waals surface area contributed by atoms with Crippen LogP contribution in [0.5, 0.6) is 0 Å². The van der Waals surface area contributed by atoms with E-state index in [1.165, 1.54) is 11.1 Å². The Bertz CT molecular complexity index is 425. The fourth-order valence-electron chi connectivity index (χ4n) is 2.94. The zero-order chi connectivity index (χ0) is 14.6. The first-order valence-electron chi connectivity index (χ1n) is 7.59. The van der Waals surface area contributed by atoms with Crippen LogP contribution in [0.25, 0.3) is 0 Å². The minimum Gasteiger partial charge on any atom is -0.384 e. The highest BCUT2D eigenvalue weighted by Crippen LogP contribution is 2.28. The molecule has 20 heavy (non-hydrogen) atoms. The van der Waals surface area contributed by atoms with E-state index in [-0.39, 0.29) is 5.41 Å². The molecule has 0 bridgehead atoms. The van der Waals surface area contributed by atoms with Gasteiger partial charge in [-0.3, -0.25) is 4.90 Å². The van der Waals surface area contributed by atoms with Gasteiger partial charge in [-0.25, -0.2) is 0 Å². The molecule has 112 valence electrons. The van der Waals surface area contributed by atoms with Gasteiger partial charge >= 0.3 is 0 Å². The molecule has 0 radical (unpaired) electrons. The monoisotopic (exact) mass is 276 g/mol. The van der Waals surface area contributed by atoms with Gasteiger partial charge in [-0.2, -0.15) is 0 Å². The van der Waals surface area contributed by atoms with Crippen LogP contribution >= 0.6 is 0 Å². The zero-order valence-corrected chi connectivity index (χ0v) is 13.3. The first-order chi connectivity index (χ1) is 9.54. The molecule has 1 fully saturated rings. The Morgan fingerprint density at radius 1 is 1.30 bits per heavy atom. The number of piperazine rings is 1. The molecule has 2 rings (SSSR count). The molecule has 0 saturated carbocycles. The van der Waals surface area contributed by atoms with Gasteiger partial charge in [-0.15, -0.1) is 0 Å². The highest BCUT2D eigenvalue weighted by Gasteiger charge is 2.23. The van der Waals surface area contributed by atoms with E-state index in [0.29, 0.717) is 6.04 Å². The molecule has 1 aliphatic heterocycles. The Kier molecular flexibility index (Phi) is 5.19. The van der Waals surface area contributed by atoms with Crippen molar-refractivity contribution in [2.45, 2.75) is 32.2 Å². The van der Waals surface area contributed by atoms with Gasteiger partial charge < -0.3 is 10.1 Å². The maximum absolute atomic E-state index is 5.36. The van der Waals surface area contributed by atoms with Crippen molar-refractivity contribution in [3.63, 3.8) is 0 Å². The minimum atomic E-state index is 0.0634. The van der Waals surface area contributed by atoms with Gasteiger partial charge in [-0.05, 0) is 18.1 Å². The molecule has 3 heteroatoms. The lowest BCUT2D eigenvalue weighted by Gasteiger charge is -2.34. The number of hydrogen-bond acceptors (Lipinski definition) is 3. The lowest BCUT2D eigenvalue weighted by molar-refractivity contribution is 0.146. The normalized spacial score (nSPS) is 19.0. The lowest BCUT2D eigenvalue weighted by atomic mass is 9.84. The van der Waals surface area contributed by atoms with Crippen LogP contribution in [0.3, 0.4) is 0 Å². The molecule has 0 amide bonds. The molecule has 1 heterocycles. The third-order valence-electron chi connectivity index (χ3n) is 4.35. The van der Waals surface area contributed by atoms with E-state index >= 15 is 0 Å². The summed E-state index contributed by atoms with van der Waals surface area (Å²) in [6, 6.07) is 9.48. The molecule has 1 aliphatic rings. The number of methoxy groups -OCH3 is 1. The summed E-state index contributed by atoms with van der Waals surface area (Å²) in [7, 11) is 1.77. The Labute approximate surface area is 123 Å². The van der Waals surface area contributed by atoms with E-state index in [9.17, 15) is 0 Å². The van der Waals surface area contributed by atoms with Gasteiger partial charge in [0.2, 0.25) is 0 Å². The van der Waals surface area contributed by atoms with Crippen LogP contribution in [0.1, 0.15) is 37.9 Å². The van der Waals surface area contributed by atoms with E-state index in [0.717, 1.165) is 32.8 Å². The summed E-state index contributed by atoms with van der Waals surface area (Å²) >= 11 is 0. The smallest absolute Gasteiger partial charge is 0.0553 e. The summed E-state index contributed by atoms with van der Waals surface area (Å²) in [5.41, 5.74) is 2.83. The zero-order valence-electron chi connectivity index (χ0n) is 13.3. The van der Waals surface area contributed by atoms with E-state index < -0.39 is 0 Å². The third kappa shape index (κ3) is 3.60. The topological polar surface area (TPSA) is 24.5 Å². The number of benzene rings is 1. The predicted octanol–water partition coefficient (Wildman–Crippen LogP) is 2.58. The summed E-state index contributed by atoms with van der Waals surface area (Å²) in [5, 5.41) is 3.42. The molecular formula is C17H28N2O. The first kappa shape index (κ1) is 15.5. The molecule has 1 atom stereocenters. The second-order valence-corrected chi connectivity index (χ2v) is 6.40. The maximum Gasteiger partial charge on any atom is 0.0553 e. The fourth-order valence-corrected chi connectivity index (χ4v) is 2.94. The Morgan fingerprint density at radius 3 is 2.65 bits per heavy atom. The number of hydrogen-bond donors (Lipinski definition) is 1. The molecule has 1 unspecified atom stereocenters. The Morgan fingerprint density at radius 2 is 2.00 bits per heavy atom. The minimum absolute atomic E-state index is 0.0634. The van der Waals surface area contributed by atoms with Gasteiger partial charge in [0.1, 0.15) is 0 Å². The van der Waals surface area contributed by atoms with Crippen LogP contribution < -0.4 is 5.32 Å². The molecule has 0 spiro atoms. The number of nitrogens with zero attached hydrogens (tertiary/aromatic N) is 1. The highest BCUT2D eigenvalue weighted by molar-refractivity contribution is 5.31. The third-order valence-corrected chi connectivity index (χ3v) is 4.35. The Hall–Kier alpha value is -0.900. The average Bonchev–Trinajstić information content (AvgIpc) is 2.47. The van der Waals surface area contributed by atoms with Crippen molar-refractivity contribution in [2.75, 3.05) is 39.9 Å². The van der Waals surface area contributed by atoms with E-state index in [1.54, 1.807) is 7.11 Å². The predicted molar refractivity (Wildman–Crippen MR) is 84.2 cm³/mol. The van der Waals surface area contributed by atoms with Gasteiger partial charge in [0, 0.05) is 44.7 Å². The van der Waals surface area contributed by atoms with Crippen molar-refractivity contribution >= 4 is 0 Å². The summed E-state index contributed by atoms with van der Waals surface area (Å²) < 4.78 is 5.36. The quantitative estimate of drug-likeness (QED) is 0.894. The molecule has 1 aromatic rings. The molecule has 0 aliphatic carbocycles.